The predicted molar refractivity (Wildman–Crippen MR) is 146 cm³/mol. The number of nitrogens with one attached hydrogen (secondary N) is 1. The number of carbonyl (C=O) groups is 2. The molecule has 43 heavy (non-hydrogen) atoms. The molecule has 0 fully saturated rings. The molecule has 0 saturated heterocycles. The second-order valence-corrected chi connectivity index (χ2v) is 9.12. The van der Waals surface area contributed by atoms with Crippen LogP contribution in [0.4, 0.5) is 28.9 Å². The van der Waals surface area contributed by atoms with Crippen molar-refractivity contribution < 1.29 is 41.7 Å². The van der Waals surface area contributed by atoms with Gasteiger partial charge in [0.25, 0.3) is 0 Å². The highest BCUT2D eigenvalue weighted by Crippen LogP contribution is 2.40. The van der Waals surface area contributed by atoms with Gasteiger partial charge in [0.2, 0.25) is 5.92 Å². The molecule has 10 nitrogen and oxygen atoms in total. The van der Waals surface area contributed by atoms with Gasteiger partial charge >= 0.3 is 18.1 Å². The first-order valence-electron chi connectivity index (χ1n) is 13.1. The molecule has 0 saturated carbocycles. The summed E-state index contributed by atoms with van der Waals surface area (Å²) in [5.74, 6) is -5.11. The van der Waals surface area contributed by atoms with Crippen molar-refractivity contribution in [3.63, 3.8) is 0 Å². The van der Waals surface area contributed by atoms with Crippen molar-refractivity contribution in [3.05, 3.63) is 77.6 Å². The summed E-state index contributed by atoms with van der Waals surface area (Å²) < 4.78 is 68.2. The molecule has 4 aromatic rings. The Morgan fingerprint density at radius 2 is 1.70 bits per heavy atom. The van der Waals surface area contributed by atoms with Crippen LogP contribution in [0.15, 0.2) is 54.9 Å². The number of aromatic nitrogens is 4. The number of aliphatic hydroxyl groups excluding tert-OH is 1. The van der Waals surface area contributed by atoms with Gasteiger partial charge in [-0.15, -0.1) is 0 Å². The Morgan fingerprint density at radius 3 is 2.28 bits per heavy atom. The quantitative estimate of drug-likeness (QED) is 0.144. The molecule has 226 valence electrons. The molecule has 0 aliphatic rings. The molecular formula is C29H27F4N5O5. The third kappa shape index (κ3) is 6.80. The first kappa shape index (κ1) is 31.1. The fraction of sp³-hybridized carbons (Fsp3) is 0.276. The number of alkyl halides is 3. The summed E-state index contributed by atoms with van der Waals surface area (Å²) in [4.78, 5) is 34.0. The number of aryl methyl sites for hydroxylation is 1. The molecule has 0 bridgehead atoms. The molecule has 2 aromatic heterocycles. The van der Waals surface area contributed by atoms with E-state index >= 15 is 4.39 Å². The van der Waals surface area contributed by atoms with Crippen molar-refractivity contribution in [2.75, 3.05) is 18.5 Å². The Bertz CT molecular complexity index is 1620. The van der Waals surface area contributed by atoms with E-state index in [1.807, 2.05) is 0 Å². The number of hydrogen-bond donors (Lipinski definition) is 2. The van der Waals surface area contributed by atoms with Crippen LogP contribution >= 0.6 is 0 Å². The van der Waals surface area contributed by atoms with E-state index in [0.29, 0.717) is 17.2 Å². The molecular weight excluding hydrogens is 574 g/mol. The fourth-order valence-corrected chi connectivity index (χ4v) is 4.30. The second-order valence-electron chi connectivity index (χ2n) is 9.12. The minimum atomic E-state index is -4.88. The van der Waals surface area contributed by atoms with Crippen LogP contribution < -0.4 is 5.32 Å². The van der Waals surface area contributed by atoms with Crippen LogP contribution in [-0.4, -0.2) is 50.0 Å². The van der Waals surface area contributed by atoms with Crippen molar-refractivity contribution in [1.29, 1.82) is 0 Å². The number of anilines is 2. The molecule has 0 unspecified atom stereocenters. The van der Waals surface area contributed by atoms with E-state index in [9.17, 15) is 27.9 Å². The fourth-order valence-electron chi connectivity index (χ4n) is 4.30. The molecule has 2 heterocycles. The van der Waals surface area contributed by atoms with E-state index in [2.05, 4.69) is 20.4 Å². The van der Waals surface area contributed by atoms with E-state index in [4.69, 9.17) is 9.47 Å². The lowest BCUT2D eigenvalue weighted by molar-refractivity contribution is -0.157. The van der Waals surface area contributed by atoms with Gasteiger partial charge in [-0.05, 0) is 37.6 Å². The predicted octanol–water partition coefficient (Wildman–Crippen LogP) is 5.15. The molecule has 0 atom stereocenters. The lowest BCUT2D eigenvalue weighted by atomic mass is 10.0. The molecule has 0 radical (unpaired) electrons. The van der Waals surface area contributed by atoms with E-state index in [0.717, 1.165) is 12.3 Å². The third-order valence-electron chi connectivity index (χ3n) is 6.22. The van der Waals surface area contributed by atoms with Gasteiger partial charge in [0.1, 0.15) is 5.82 Å². The van der Waals surface area contributed by atoms with Crippen LogP contribution in [0, 0.1) is 5.82 Å². The number of ether oxygens (including phenoxy) is 2. The average Bonchev–Trinajstić information content (AvgIpc) is 3.40. The van der Waals surface area contributed by atoms with Gasteiger partial charge in [-0.2, -0.15) is 18.3 Å². The molecule has 2 aromatic carbocycles. The Balaban J connectivity index is 1.90. The SMILES string of the molecule is CCOC(=O)C(C(=O)OCC)c1ncc(Nc2cc(-c3ccn(C)n3)c(C(F)(F)F)cc2F)c(-c2ccccc2CO)n1. The van der Waals surface area contributed by atoms with Gasteiger partial charge in [-0.3, -0.25) is 14.3 Å². The average molecular weight is 602 g/mol. The van der Waals surface area contributed by atoms with Gasteiger partial charge in [-0.25, -0.2) is 14.4 Å². The number of carbonyl (C=O) groups excluding carboxylic acids is 2. The topological polar surface area (TPSA) is 128 Å². The van der Waals surface area contributed by atoms with E-state index in [1.165, 1.54) is 24.0 Å². The minimum Gasteiger partial charge on any atom is -0.465 e. The Kier molecular flexibility index (Phi) is 9.39. The maximum Gasteiger partial charge on any atom is 0.417 e. The zero-order valence-electron chi connectivity index (χ0n) is 23.3. The largest absolute Gasteiger partial charge is 0.465 e. The normalized spacial score (nSPS) is 11.5. The first-order chi connectivity index (χ1) is 20.5. The number of nitrogens with zero attached hydrogens (tertiary/aromatic N) is 4. The lowest BCUT2D eigenvalue weighted by Crippen LogP contribution is -2.28. The molecule has 0 amide bonds. The van der Waals surface area contributed by atoms with Crippen LogP contribution in [0.2, 0.25) is 0 Å². The number of hydrogen-bond acceptors (Lipinski definition) is 9. The summed E-state index contributed by atoms with van der Waals surface area (Å²) in [7, 11) is 1.53. The lowest BCUT2D eigenvalue weighted by Gasteiger charge is -2.19. The van der Waals surface area contributed by atoms with Gasteiger partial charge in [0, 0.05) is 24.4 Å². The second kappa shape index (κ2) is 13.0. The number of esters is 2. The van der Waals surface area contributed by atoms with Gasteiger partial charge in [0.15, 0.2) is 5.82 Å². The smallest absolute Gasteiger partial charge is 0.417 e. The standard InChI is InChI=1S/C29H27F4N5O5/c1-4-42-27(40)24(28(41)43-5-2)26-34-14-23(25(36-26)17-9-7-6-8-16(17)15-39)35-22-12-18(21-10-11-38(3)37-21)19(13-20(22)30)29(31,32)33/h6-14,24,35,39H,4-5,15H2,1-3H3. The summed E-state index contributed by atoms with van der Waals surface area (Å²) in [6, 6.07) is 9.14. The van der Waals surface area contributed by atoms with Crippen molar-refractivity contribution in [3.8, 4) is 22.5 Å². The Morgan fingerprint density at radius 1 is 1.02 bits per heavy atom. The highest BCUT2D eigenvalue weighted by Gasteiger charge is 2.37. The maximum atomic E-state index is 15.2. The Labute approximate surface area is 243 Å². The van der Waals surface area contributed by atoms with E-state index in [-0.39, 0.29) is 47.4 Å². The molecule has 0 aliphatic carbocycles. The molecule has 0 spiro atoms. The van der Waals surface area contributed by atoms with E-state index in [1.54, 1.807) is 38.1 Å². The van der Waals surface area contributed by atoms with Crippen molar-refractivity contribution in [2.45, 2.75) is 32.5 Å². The van der Waals surface area contributed by atoms with Gasteiger partial charge in [-0.1, -0.05) is 24.3 Å². The molecule has 4 rings (SSSR count). The number of rotatable bonds is 10. The highest BCUT2D eigenvalue weighted by molar-refractivity contribution is 6.00. The molecule has 0 aliphatic heterocycles. The maximum absolute atomic E-state index is 15.2. The summed E-state index contributed by atoms with van der Waals surface area (Å²) in [5, 5.41) is 16.8. The monoisotopic (exact) mass is 601 g/mol. The number of halogens is 4. The summed E-state index contributed by atoms with van der Waals surface area (Å²) in [6.45, 7) is 2.58. The van der Waals surface area contributed by atoms with Crippen LogP contribution in [0.25, 0.3) is 22.5 Å². The van der Waals surface area contributed by atoms with Crippen LogP contribution in [0.5, 0.6) is 0 Å². The Hall–Kier alpha value is -4.85. The van der Waals surface area contributed by atoms with Crippen LogP contribution in [0.1, 0.15) is 36.7 Å². The van der Waals surface area contributed by atoms with Crippen molar-refractivity contribution >= 4 is 23.3 Å². The third-order valence-corrected chi connectivity index (χ3v) is 6.22. The van der Waals surface area contributed by atoms with Gasteiger partial charge < -0.3 is 19.9 Å². The zero-order valence-corrected chi connectivity index (χ0v) is 23.3. The molecule has 2 N–H and O–H groups in total. The first-order valence-corrected chi connectivity index (χ1v) is 13.1. The van der Waals surface area contributed by atoms with Gasteiger partial charge in [0.05, 0.1) is 54.3 Å². The summed E-state index contributed by atoms with van der Waals surface area (Å²) in [6.07, 6.45) is -2.28. The summed E-state index contributed by atoms with van der Waals surface area (Å²) in [5.41, 5.74) is -1.29. The van der Waals surface area contributed by atoms with Crippen molar-refractivity contribution in [2.24, 2.45) is 7.05 Å². The van der Waals surface area contributed by atoms with E-state index < -0.39 is 42.0 Å². The summed E-state index contributed by atoms with van der Waals surface area (Å²) >= 11 is 0. The highest BCUT2D eigenvalue weighted by atomic mass is 19.4. The van der Waals surface area contributed by atoms with Crippen LogP contribution in [-0.2, 0) is 38.9 Å². The molecule has 14 heteroatoms. The number of benzene rings is 2. The van der Waals surface area contributed by atoms with Crippen LogP contribution in [0.3, 0.4) is 0 Å². The number of aliphatic hydroxyl groups is 1. The zero-order chi connectivity index (χ0) is 31.3. The van der Waals surface area contributed by atoms with Crippen molar-refractivity contribution in [1.82, 2.24) is 19.7 Å². The minimum absolute atomic E-state index is 0.00162.